The smallest absolute Gasteiger partial charge is 0.271 e. The molecule has 0 unspecified atom stereocenters. The van der Waals surface area contributed by atoms with E-state index in [1.807, 2.05) is 11.8 Å². The molecule has 0 saturated heterocycles. The number of amides is 1. The molecule has 1 heterocycles. The van der Waals surface area contributed by atoms with Gasteiger partial charge in [-0.2, -0.15) is 11.8 Å². The Morgan fingerprint density at radius 3 is 2.68 bits per heavy atom. The van der Waals surface area contributed by atoms with E-state index in [-0.39, 0.29) is 5.91 Å². The topological polar surface area (TPSA) is 92.9 Å². The van der Waals surface area contributed by atoms with Crippen LogP contribution in [0.15, 0.2) is 12.1 Å². The van der Waals surface area contributed by atoms with Crippen LogP contribution in [0.3, 0.4) is 0 Å². The van der Waals surface area contributed by atoms with E-state index in [2.05, 4.69) is 27.2 Å². The highest BCUT2D eigenvalue weighted by Crippen LogP contribution is 2.04. The van der Waals surface area contributed by atoms with Gasteiger partial charge in [-0.05, 0) is 37.0 Å². The lowest BCUT2D eigenvalue weighted by Gasteiger charge is -2.04. The highest BCUT2D eigenvalue weighted by atomic mass is 32.2. The third kappa shape index (κ3) is 6.40. The first kappa shape index (κ1) is 15.7. The van der Waals surface area contributed by atoms with Crippen LogP contribution in [0.2, 0.25) is 0 Å². The van der Waals surface area contributed by atoms with Crippen LogP contribution in [0.1, 0.15) is 36.2 Å². The van der Waals surface area contributed by atoms with Crippen LogP contribution in [-0.4, -0.2) is 34.7 Å². The third-order valence-corrected chi connectivity index (χ3v) is 3.30. The molecule has 0 bridgehead atoms. The van der Waals surface area contributed by atoms with E-state index in [1.54, 1.807) is 12.1 Å². The summed E-state index contributed by atoms with van der Waals surface area (Å²) < 4.78 is 0. The van der Waals surface area contributed by atoms with Gasteiger partial charge in [0.2, 0.25) is 0 Å². The first-order valence-corrected chi connectivity index (χ1v) is 7.75. The summed E-state index contributed by atoms with van der Waals surface area (Å²) in [6.07, 6.45) is 6.72. The summed E-state index contributed by atoms with van der Waals surface area (Å²) in [5.74, 6) is 6.62. The van der Waals surface area contributed by atoms with Crippen molar-refractivity contribution >= 4 is 23.5 Å². The molecule has 0 aliphatic carbocycles. The second-order valence-corrected chi connectivity index (χ2v) is 5.10. The monoisotopic (exact) mass is 283 g/mol. The van der Waals surface area contributed by atoms with Crippen molar-refractivity contribution in [1.29, 1.82) is 0 Å². The van der Waals surface area contributed by atoms with Crippen molar-refractivity contribution in [3.63, 3.8) is 0 Å². The molecule has 0 aromatic carbocycles. The number of hydrogen-bond donors (Lipinski definition) is 3. The molecule has 0 spiro atoms. The number of carbonyl (C=O) groups excluding carboxylic acids is 1. The molecule has 4 N–H and O–H groups in total. The lowest BCUT2D eigenvalue weighted by Crippen LogP contribution is -2.25. The van der Waals surface area contributed by atoms with E-state index >= 15 is 0 Å². The summed E-state index contributed by atoms with van der Waals surface area (Å²) in [6, 6.07) is 3.21. The number of rotatable bonds is 9. The summed E-state index contributed by atoms with van der Waals surface area (Å²) in [5.41, 5.74) is 2.67. The number of anilines is 1. The Kier molecular flexibility index (Phi) is 7.92. The van der Waals surface area contributed by atoms with Crippen LogP contribution >= 0.6 is 11.8 Å². The van der Waals surface area contributed by atoms with Gasteiger partial charge in [0.05, 0.1) is 0 Å². The second-order valence-electron chi connectivity index (χ2n) is 4.11. The molecule has 106 valence electrons. The SMILES string of the molecule is CSCCCCCCNC(=O)c1ccc(NN)nn1. The van der Waals surface area contributed by atoms with Gasteiger partial charge in [0, 0.05) is 6.54 Å². The van der Waals surface area contributed by atoms with Crippen molar-refractivity contribution in [2.75, 3.05) is 24.0 Å². The number of carbonyl (C=O) groups is 1. The van der Waals surface area contributed by atoms with Crippen molar-refractivity contribution in [3.8, 4) is 0 Å². The van der Waals surface area contributed by atoms with Crippen LogP contribution in [0.5, 0.6) is 0 Å². The molecule has 0 atom stereocenters. The number of nitrogens with one attached hydrogen (secondary N) is 2. The van der Waals surface area contributed by atoms with Crippen LogP contribution < -0.4 is 16.6 Å². The molecular weight excluding hydrogens is 262 g/mol. The predicted octanol–water partition coefficient (Wildman–Crippen LogP) is 1.42. The first-order chi connectivity index (χ1) is 9.27. The van der Waals surface area contributed by atoms with Gasteiger partial charge in [0.1, 0.15) is 0 Å². The van der Waals surface area contributed by atoms with Gasteiger partial charge in [-0.25, -0.2) is 5.84 Å². The lowest BCUT2D eigenvalue weighted by atomic mass is 10.2. The van der Waals surface area contributed by atoms with Gasteiger partial charge in [0.15, 0.2) is 11.5 Å². The number of nitrogen functional groups attached to an aromatic ring is 1. The van der Waals surface area contributed by atoms with Gasteiger partial charge >= 0.3 is 0 Å². The Labute approximate surface area is 117 Å². The summed E-state index contributed by atoms with van der Waals surface area (Å²) in [7, 11) is 0. The number of nitrogens with two attached hydrogens (primary N) is 1. The Morgan fingerprint density at radius 2 is 2.05 bits per heavy atom. The summed E-state index contributed by atoms with van der Waals surface area (Å²) >= 11 is 1.87. The maximum atomic E-state index is 11.7. The van der Waals surface area contributed by atoms with Gasteiger partial charge < -0.3 is 10.7 Å². The van der Waals surface area contributed by atoms with E-state index < -0.39 is 0 Å². The standard InChI is InChI=1S/C12H21N5OS/c1-19-9-5-3-2-4-8-14-12(18)10-6-7-11(15-13)17-16-10/h6-7H,2-5,8-9,13H2,1H3,(H,14,18)(H,15,17). The number of thioether (sulfide) groups is 1. The summed E-state index contributed by atoms with van der Waals surface area (Å²) in [4.78, 5) is 11.7. The molecule has 1 aromatic rings. The van der Waals surface area contributed by atoms with E-state index in [4.69, 9.17) is 5.84 Å². The average molecular weight is 283 g/mol. The minimum absolute atomic E-state index is 0.194. The van der Waals surface area contributed by atoms with E-state index in [1.165, 1.54) is 18.6 Å². The van der Waals surface area contributed by atoms with Gasteiger partial charge in [-0.3, -0.25) is 4.79 Å². The quantitative estimate of drug-likeness (QED) is 0.360. The Hall–Kier alpha value is -1.34. The molecule has 1 amide bonds. The first-order valence-electron chi connectivity index (χ1n) is 6.35. The fourth-order valence-corrected chi connectivity index (χ4v) is 2.04. The van der Waals surface area contributed by atoms with Gasteiger partial charge in [0.25, 0.3) is 5.91 Å². The van der Waals surface area contributed by atoms with Crippen molar-refractivity contribution < 1.29 is 4.79 Å². The molecule has 0 saturated carbocycles. The Bertz CT molecular complexity index is 371. The predicted molar refractivity (Wildman–Crippen MR) is 79.0 cm³/mol. The van der Waals surface area contributed by atoms with Crippen LogP contribution in [0.25, 0.3) is 0 Å². The molecule has 0 radical (unpaired) electrons. The molecular formula is C12H21N5OS. The minimum Gasteiger partial charge on any atom is -0.351 e. The lowest BCUT2D eigenvalue weighted by molar-refractivity contribution is 0.0947. The van der Waals surface area contributed by atoms with Gasteiger partial charge in [-0.1, -0.05) is 12.8 Å². The van der Waals surface area contributed by atoms with Crippen molar-refractivity contribution in [2.45, 2.75) is 25.7 Å². The highest BCUT2D eigenvalue weighted by molar-refractivity contribution is 7.98. The van der Waals surface area contributed by atoms with Crippen LogP contribution in [0, 0.1) is 0 Å². The van der Waals surface area contributed by atoms with Crippen molar-refractivity contribution in [1.82, 2.24) is 15.5 Å². The van der Waals surface area contributed by atoms with Crippen molar-refractivity contribution in [2.24, 2.45) is 5.84 Å². The summed E-state index contributed by atoms with van der Waals surface area (Å²) in [5, 5.41) is 10.4. The van der Waals surface area contributed by atoms with E-state index in [0.29, 0.717) is 18.1 Å². The maximum Gasteiger partial charge on any atom is 0.271 e. The molecule has 0 aliphatic heterocycles. The zero-order valence-electron chi connectivity index (χ0n) is 11.2. The second kappa shape index (κ2) is 9.57. The molecule has 19 heavy (non-hydrogen) atoms. The van der Waals surface area contributed by atoms with E-state index in [9.17, 15) is 4.79 Å². The number of unbranched alkanes of at least 4 members (excludes halogenated alkanes) is 3. The number of nitrogens with zero attached hydrogens (tertiary/aromatic N) is 2. The third-order valence-electron chi connectivity index (χ3n) is 2.61. The fourth-order valence-electron chi connectivity index (χ4n) is 1.55. The molecule has 6 nitrogen and oxygen atoms in total. The molecule has 7 heteroatoms. The number of hydrogen-bond acceptors (Lipinski definition) is 6. The Morgan fingerprint density at radius 1 is 1.26 bits per heavy atom. The van der Waals surface area contributed by atoms with Crippen molar-refractivity contribution in [3.05, 3.63) is 17.8 Å². The molecule has 1 aromatic heterocycles. The number of aromatic nitrogens is 2. The minimum atomic E-state index is -0.194. The maximum absolute atomic E-state index is 11.7. The zero-order chi connectivity index (χ0) is 13.9. The van der Waals surface area contributed by atoms with E-state index in [0.717, 1.165) is 12.8 Å². The fraction of sp³-hybridized carbons (Fsp3) is 0.583. The molecule has 1 rings (SSSR count). The largest absolute Gasteiger partial charge is 0.351 e. The molecule has 0 aliphatic rings. The number of hydrazine groups is 1. The molecule has 0 fully saturated rings. The highest BCUT2D eigenvalue weighted by Gasteiger charge is 2.06. The van der Waals surface area contributed by atoms with Crippen LogP contribution in [-0.2, 0) is 0 Å². The van der Waals surface area contributed by atoms with Gasteiger partial charge in [-0.15, -0.1) is 10.2 Å². The average Bonchev–Trinajstić information content (AvgIpc) is 2.46. The summed E-state index contributed by atoms with van der Waals surface area (Å²) in [6.45, 7) is 0.677. The zero-order valence-corrected chi connectivity index (χ0v) is 12.0. The Balaban J connectivity index is 2.16. The van der Waals surface area contributed by atoms with Crippen LogP contribution in [0.4, 0.5) is 5.82 Å². The normalized spacial score (nSPS) is 10.2.